The number of fused-ring (bicyclic) bond motifs is 2. The highest BCUT2D eigenvalue weighted by Crippen LogP contribution is 2.46. The van der Waals surface area contributed by atoms with Gasteiger partial charge in [0.15, 0.2) is 5.65 Å². The Morgan fingerprint density at radius 3 is 2.90 bits per heavy atom. The van der Waals surface area contributed by atoms with Crippen LogP contribution in [0.5, 0.6) is 5.75 Å². The molecule has 7 heteroatoms. The van der Waals surface area contributed by atoms with Crippen molar-refractivity contribution in [3.05, 3.63) is 42.4 Å². The van der Waals surface area contributed by atoms with E-state index in [0.717, 1.165) is 48.4 Å². The van der Waals surface area contributed by atoms with Crippen LogP contribution in [0.2, 0.25) is 0 Å². The lowest BCUT2D eigenvalue weighted by molar-refractivity contribution is 0.197. The van der Waals surface area contributed by atoms with Crippen molar-refractivity contribution in [2.24, 2.45) is 11.1 Å². The van der Waals surface area contributed by atoms with Crippen molar-refractivity contribution in [2.75, 3.05) is 24.6 Å². The molecule has 4 heterocycles. The maximum Gasteiger partial charge on any atom is 0.211 e. The second-order valence-corrected chi connectivity index (χ2v) is 9.98. The first kappa shape index (κ1) is 18.5. The first-order chi connectivity index (χ1) is 14.7. The Labute approximate surface area is 180 Å². The number of nitrogens with zero attached hydrogens (tertiary/aromatic N) is 4. The van der Waals surface area contributed by atoms with Gasteiger partial charge in [-0.25, -0.2) is 9.97 Å². The molecule has 1 atom stereocenters. The van der Waals surface area contributed by atoms with Crippen LogP contribution in [-0.2, 0) is 6.42 Å². The number of piperidine rings is 1. The number of nitrogens with two attached hydrogens (primary N) is 1. The van der Waals surface area contributed by atoms with E-state index >= 15 is 0 Å². The Balaban J connectivity index is 1.26. The number of hydrogen-bond acceptors (Lipinski definition) is 6. The normalized spacial score (nSPS) is 22.6. The molecule has 2 aromatic heterocycles. The molecule has 1 spiro atoms. The maximum atomic E-state index is 6.47. The minimum absolute atomic E-state index is 0.359. The molecule has 1 aromatic carbocycles. The predicted octanol–water partition coefficient (Wildman–Crippen LogP) is 3.91. The smallest absolute Gasteiger partial charge is 0.211 e. The summed E-state index contributed by atoms with van der Waals surface area (Å²) in [6.45, 7) is 2.82. The standard InChI is InChI=1S/C23H27N5OS/c24-20-2-1-6-23(20)7-10-27(11-8-23)22-26-15-19(21-25-9-12-28(21)22)30-17-3-4-18-16(14-17)5-13-29-18/h3-4,9,12,14-15,20H,1-2,5-8,10-11,13,24H2/t20-/m1/s1. The maximum absolute atomic E-state index is 6.47. The molecule has 156 valence electrons. The quantitative estimate of drug-likeness (QED) is 0.691. The monoisotopic (exact) mass is 421 g/mol. The molecule has 0 radical (unpaired) electrons. The summed E-state index contributed by atoms with van der Waals surface area (Å²) < 4.78 is 7.78. The van der Waals surface area contributed by atoms with Gasteiger partial charge in [0.1, 0.15) is 5.75 Å². The van der Waals surface area contributed by atoms with Gasteiger partial charge in [0.25, 0.3) is 0 Å². The molecule has 0 bridgehead atoms. The molecule has 1 aliphatic carbocycles. The van der Waals surface area contributed by atoms with E-state index in [1.807, 2.05) is 18.6 Å². The van der Waals surface area contributed by atoms with Gasteiger partial charge in [-0.05, 0) is 54.9 Å². The average Bonchev–Trinajstić information content (AvgIpc) is 3.50. The number of hydrogen-bond donors (Lipinski definition) is 1. The van der Waals surface area contributed by atoms with Crippen molar-refractivity contribution in [3.63, 3.8) is 0 Å². The van der Waals surface area contributed by atoms with E-state index in [1.54, 1.807) is 11.8 Å². The molecular weight excluding hydrogens is 394 g/mol. The zero-order valence-corrected chi connectivity index (χ0v) is 17.9. The third-order valence-corrected chi connectivity index (χ3v) is 8.28. The fraction of sp³-hybridized carbons (Fsp3) is 0.478. The van der Waals surface area contributed by atoms with Gasteiger partial charge in [-0.2, -0.15) is 0 Å². The number of benzene rings is 1. The van der Waals surface area contributed by atoms with Gasteiger partial charge in [-0.15, -0.1) is 0 Å². The minimum atomic E-state index is 0.359. The largest absolute Gasteiger partial charge is 0.493 e. The van der Waals surface area contributed by atoms with Crippen LogP contribution in [0.4, 0.5) is 5.95 Å². The second kappa shape index (κ2) is 7.17. The molecule has 2 N–H and O–H groups in total. The van der Waals surface area contributed by atoms with Crippen LogP contribution in [0.15, 0.2) is 46.6 Å². The van der Waals surface area contributed by atoms with Gasteiger partial charge in [0.2, 0.25) is 5.95 Å². The van der Waals surface area contributed by atoms with Gasteiger partial charge in [0, 0.05) is 49.0 Å². The van der Waals surface area contributed by atoms with Crippen LogP contribution in [0.25, 0.3) is 5.65 Å². The number of imidazole rings is 1. The topological polar surface area (TPSA) is 68.7 Å². The molecule has 1 saturated carbocycles. The van der Waals surface area contributed by atoms with Crippen LogP contribution in [0.1, 0.15) is 37.7 Å². The fourth-order valence-corrected chi connectivity index (χ4v) is 6.42. The van der Waals surface area contributed by atoms with Crippen LogP contribution in [0, 0.1) is 5.41 Å². The highest BCUT2D eigenvalue weighted by Gasteiger charge is 2.43. The van der Waals surface area contributed by atoms with Crippen molar-refractivity contribution >= 4 is 23.4 Å². The summed E-state index contributed by atoms with van der Waals surface area (Å²) in [5, 5.41) is 0. The fourth-order valence-electron chi connectivity index (χ4n) is 5.48. The minimum Gasteiger partial charge on any atom is -0.493 e. The van der Waals surface area contributed by atoms with Crippen LogP contribution in [0.3, 0.4) is 0 Å². The summed E-state index contributed by atoms with van der Waals surface area (Å²) >= 11 is 1.72. The lowest BCUT2D eigenvalue weighted by Crippen LogP contribution is -2.47. The summed E-state index contributed by atoms with van der Waals surface area (Å²) in [7, 11) is 0. The van der Waals surface area contributed by atoms with E-state index in [9.17, 15) is 0 Å². The molecule has 0 unspecified atom stereocenters. The summed E-state index contributed by atoms with van der Waals surface area (Å²) in [5.41, 5.74) is 9.09. The van der Waals surface area contributed by atoms with Crippen molar-refractivity contribution in [1.82, 2.24) is 14.4 Å². The molecule has 3 aliphatic rings. The number of rotatable bonds is 3. The van der Waals surface area contributed by atoms with Crippen molar-refractivity contribution < 1.29 is 4.74 Å². The molecule has 6 rings (SSSR count). The Bertz CT molecular complexity index is 1090. The van der Waals surface area contributed by atoms with E-state index in [-0.39, 0.29) is 0 Å². The van der Waals surface area contributed by atoms with Gasteiger partial charge in [0.05, 0.1) is 11.5 Å². The third kappa shape index (κ3) is 2.98. The highest BCUT2D eigenvalue weighted by molar-refractivity contribution is 7.99. The van der Waals surface area contributed by atoms with Gasteiger partial charge in [-0.1, -0.05) is 18.2 Å². The molecule has 2 aliphatic heterocycles. The van der Waals surface area contributed by atoms with Crippen molar-refractivity contribution in [2.45, 2.75) is 54.4 Å². The zero-order chi connectivity index (χ0) is 20.1. The third-order valence-electron chi connectivity index (χ3n) is 7.28. The van der Waals surface area contributed by atoms with Gasteiger partial charge < -0.3 is 15.4 Å². The Morgan fingerprint density at radius 1 is 1.17 bits per heavy atom. The molecule has 3 aromatic rings. The predicted molar refractivity (Wildman–Crippen MR) is 118 cm³/mol. The highest BCUT2D eigenvalue weighted by atomic mass is 32.2. The van der Waals surface area contributed by atoms with Gasteiger partial charge in [-0.3, -0.25) is 4.40 Å². The van der Waals surface area contributed by atoms with E-state index < -0.39 is 0 Å². The zero-order valence-electron chi connectivity index (χ0n) is 17.1. The van der Waals surface area contributed by atoms with E-state index in [4.69, 9.17) is 15.5 Å². The summed E-state index contributed by atoms with van der Waals surface area (Å²) in [4.78, 5) is 14.2. The lowest BCUT2D eigenvalue weighted by atomic mass is 9.74. The molecule has 30 heavy (non-hydrogen) atoms. The van der Waals surface area contributed by atoms with Crippen LogP contribution in [-0.4, -0.2) is 40.1 Å². The summed E-state index contributed by atoms with van der Waals surface area (Å²) in [6.07, 6.45) is 13.0. The van der Waals surface area contributed by atoms with E-state index in [0.29, 0.717) is 11.5 Å². The first-order valence-corrected chi connectivity index (χ1v) is 11.8. The van der Waals surface area contributed by atoms with Gasteiger partial charge >= 0.3 is 0 Å². The summed E-state index contributed by atoms with van der Waals surface area (Å²) in [6, 6.07) is 6.80. The molecule has 6 nitrogen and oxygen atoms in total. The van der Waals surface area contributed by atoms with Crippen molar-refractivity contribution in [1.29, 1.82) is 0 Å². The van der Waals surface area contributed by atoms with E-state index in [1.165, 1.54) is 42.6 Å². The van der Waals surface area contributed by atoms with Crippen LogP contribution < -0.4 is 15.4 Å². The van der Waals surface area contributed by atoms with Crippen LogP contribution >= 0.6 is 11.8 Å². The van der Waals surface area contributed by atoms with Crippen molar-refractivity contribution in [3.8, 4) is 5.75 Å². The molecule has 0 amide bonds. The molecular formula is C23H27N5OS. The number of ether oxygens (including phenoxy) is 1. The lowest BCUT2D eigenvalue weighted by Gasteiger charge is -2.42. The Morgan fingerprint density at radius 2 is 2.07 bits per heavy atom. The molecule has 2 fully saturated rings. The SMILES string of the molecule is N[C@@H]1CCCC12CCN(c1ncc(Sc3ccc4c(c3)CCO4)c3nccn13)CC2. The number of anilines is 1. The first-order valence-electron chi connectivity index (χ1n) is 11.0. The van der Waals surface area contributed by atoms with E-state index in [2.05, 4.69) is 32.5 Å². The average molecular weight is 422 g/mol. The summed E-state index contributed by atoms with van der Waals surface area (Å²) in [5.74, 6) is 2.01. The number of aromatic nitrogens is 3. The Kier molecular flexibility index (Phi) is 4.42. The second-order valence-electron chi connectivity index (χ2n) is 8.86. The Hall–Kier alpha value is -2.25. The molecule has 1 saturated heterocycles.